The molecule has 1 aromatic carbocycles. The average Bonchev–Trinajstić information content (AvgIpc) is 3.18. The first-order valence-electron chi connectivity index (χ1n) is 9.35. The monoisotopic (exact) mass is 392 g/mol. The maximum atomic E-state index is 12.3. The van der Waals surface area contributed by atoms with E-state index in [-0.39, 0.29) is 36.3 Å². The number of carbonyl (C=O) groups excluding carboxylic acids is 3. The highest BCUT2D eigenvalue weighted by atomic mass is 16.2. The Balaban J connectivity index is 1.33. The Kier molecular flexibility index (Phi) is 4.79. The van der Waals surface area contributed by atoms with E-state index < -0.39 is 11.8 Å². The molecule has 9 nitrogen and oxygen atoms in total. The van der Waals surface area contributed by atoms with Gasteiger partial charge in [0.25, 0.3) is 11.8 Å². The second kappa shape index (κ2) is 7.42. The lowest BCUT2D eigenvalue weighted by atomic mass is 10.2. The van der Waals surface area contributed by atoms with Gasteiger partial charge in [-0.3, -0.25) is 19.3 Å². The number of aryl methyl sites for hydroxylation is 1. The Morgan fingerprint density at radius 1 is 1.10 bits per heavy atom. The van der Waals surface area contributed by atoms with Crippen LogP contribution in [0.15, 0.2) is 36.7 Å². The van der Waals surface area contributed by atoms with Crippen LogP contribution in [0.4, 0.5) is 0 Å². The first kappa shape index (κ1) is 18.7. The van der Waals surface area contributed by atoms with Crippen molar-refractivity contribution in [2.75, 3.05) is 6.54 Å². The third kappa shape index (κ3) is 3.35. The summed E-state index contributed by atoms with van der Waals surface area (Å²) in [6.45, 7) is 2.02. The van der Waals surface area contributed by atoms with Crippen LogP contribution in [0.25, 0.3) is 11.0 Å². The number of hydrogen-bond acceptors (Lipinski definition) is 6. The third-order valence-electron chi connectivity index (χ3n) is 4.97. The quantitative estimate of drug-likeness (QED) is 0.638. The number of rotatable bonds is 6. The SMILES string of the molecule is CC(NC(=O)CCCN1C(=O)c2nccnc2C1=O)c1nc2ccccc2n1C. The first-order chi connectivity index (χ1) is 14.0. The van der Waals surface area contributed by atoms with Crippen molar-refractivity contribution in [2.45, 2.75) is 25.8 Å². The number of nitrogens with one attached hydrogen (secondary N) is 1. The number of para-hydroxylation sites is 2. The van der Waals surface area contributed by atoms with E-state index in [1.54, 1.807) is 0 Å². The van der Waals surface area contributed by atoms with E-state index in [2.05, 4.69) is 20.3 Å². The van der Waals surface area contributed by atoms with Crippen molar-refractivity contribution in [3.63, 3.8) is 0 Å². The van der Waals surface area contributed by atoms with E-state index in [4.69, 9.17) is 0 Å². The van der Waals surface area contributed by atoms with Crippen molar-refractivity contribution in [3.05, 3.63) is 53.9 Å². The molecule has 1 unspecified atom stereocenters. The minimum Gasteiger partial charge on any atom is -0.346 e. The van der Waals surface area contributed by atoms with Crippen molar-refractivity contribution in [3.8, 4) is 0 Å². The van der Waals surface area contributed by atoms with Gasteiger partial charge in [-0.05, 0) is 25.5 Å². The lowest BCUT2D eigenvalue weighted by Crippen LogP contribution is -2.33. The standard InChI is InChI=1S/C20H20N6O3/c1-12(18-24-13-6-3-4-7-14(13)25(18)2)23-15(27)8-5-11-26-19(28)16-17(20(26)29)22-10-9-21-16/h3-4,6-7,9-10,12H,5,8,11H2,1-2H3,(H,23,27). The molecule has 29 heavy (non-hydrogen) atoms. The van der Waals surface area contributed by atoms with E-state index in [0.717, 1.165) is 21.8 Å². The van der Waals surface area contributed by atoms with Crippen LogP contribution < -0.4 is 5.32 Å². The number of fused-ring (bicyclic) bond motifs is 2. The summed E-state index contributed by atoms with van der Waals surface area (Å²) in [7, 11) is 1.91. The molecule has 0 aliphatic carbocycles. The summed E-state index contributed by atoms with van der Waals surface area (Å²) in [5.74, 6) is -0.340. The summed E-state index contributed by atoms with van der Waals surface area (Å²) < 4.78 is 1.96. The molecule has 0 bridgehead atoms. The molecule has 1 aliphatic rings. The Morgan fingerprint density at radius 2 is 1.76 bits per heavy atom. The number of benzene rings is 1. The second-order valence-corrected chi connectivity index (χ2v) is 6.93. The highest BCUT2D eigenvalue weighted by Gasteiger charge is 2.37. The van der Waals surface area contributed by atoms with Gasteiger partial charge in [0.15, 0.2) is 11.4 Å². The first-order valence-corrected chi connectivity index (χ1v) is 9.35. The Morgan fingerprint density at radius 3 is 2.41 bits per heavy atom. The molecule has 0 fully saturated rings. The van der Waals surface area contributed by atoms with Gasteiger partial charge >= 0.3 is 0 Å². The van der Waals surface area contributed by atoms with Gasteiger partial charge in [0.05, 0.1) is 17.1 Å². The van der Waals surface area contributed by atoms with Gasteiger partial charge in [-0.15, -0.1) is 0 Å². The Labute approximate surface area is 166 Å². The number of imidazole rings is 1. The molecular weight excluding hydrogens is 372 g/mol. The molecule has 3 heterocycles. The van der Waals surface area contributed by atoms with Crippen molar-refractivity contribution in [1.29, 1.82) is 0 Å². The topological polar surface area (TPSA) is 110 Å². The molecule has 3 amide bonds. The molecule has 3 aromatic rings. The lowest BCUT2D eigenvalue weighted by Gasteiger charge is -2.15. The summed E-state index contributed by atoms with van der Waals surface area (Å²) in [5, 5.41) is 2.93. The minimum atomic E-state index is -0.466. The zero-order chi connectivity index (χ0) is 20.5. The summed E-state index contributed by atoms with van der Waals surface area (Å²) in [5.41, 5.74) is 2.00. The molecule has 9 heteroatoms. The van der Waals surface area contributed by atoms with E-state index in [9.17, 15) is 14.4 Å². The molecule has 1 N–H and O–H groups in total. The van der Waals surface area contributed by atoms with E-state index in [1.807, 2.05) is 42.8 Å². The van der Waals surface area contributed by atoms with E-state index in [1.165, 1.54) is 12.4 Å². The van der Waals surface area contributed by atoms with Gasteiger partial charge in [-0.25, -0.2) is 15.0 Å². The van der Waals surface area contributed by atoms with Gasteiger partial charge in [0.2, 0.25) is 5.91 Å². The molecule has 1 aliphatic heterocycles. The van der Waals surface area contributed by atoms with Gasteiger partial charge < -0.3 is 9.88 Å². The molecule has 148 valence electrons. The Bertz CT molecular complexity index is 1090. The van der Waals surface area contributed by atoms with Crippen molar-refractivity contribution in [2.24, 2.45) is 7.05 Å². The third-order valence-corrected chi connectivity index (χ3v) is 4.97. The Hall–Kier alpha value is -3.62. The average molecular weight is 392 g/mol. The van der Waals surface area contributed by atoms with Crippen LogP contribution in [-0.2, 0) is 11.8 Å². The fourth-order valence-corrected chi connectivity index (χ4v) is 3.53. The van der Waals surface area contributed by atoms with Crippen molar-refractivity contribution >= 4 is 28.8 Å². The van der Waals surface area contributed by atoms with Crippen LogP contribution in [0.5, 0.6) is 0 Å². The van der Waals surface area contributed by atoms with Gasteiger partial charge in [-0.1, -0.05) is 12.1 Å². The summed E-state index contributed by atoms with van der Waals surface area (Å²) in [6.07, 6.45) is 3.29. The fourth-order valence-electron chi connectivity index (χ4n) is 3.53. The summed E-state index contributed by atoms with van der Waals surface area (Å²) in [6, 6.07) is 7.51. The molecule has 0 spiro atoms. The van der Waals surface area contributed by atoms with E-state index >= 15 is 0 Å². The highest BCUT2D eigenvalue weighted by Crippen LogP contribution is 2.20. The predicted molar refractivity (Wildman–Crippen MR) is 104 cm³/mol. The molecule has 0 radical (unpaired) electrons. The zero-order valence-electron chi connectivity index (χ0n) is 16.1. The van der Waals surface area contributed by atoms with Gasteiger partial charge in [0.1, 0.15) is 5.82 Å². The van der Waals surface area contributed by atoms with E-state index in [0.29, 0.717) is 6.42 Å². The van der Waals surface area contributed by atoms with Crippen LogP contribution in [0.3, 0.4) is 0 Å². The number of amides is 3. The fraction of sp³-hybridized carbons (Fsp3) is 0.300. The maximum Gasteiger partial charge on any atom is 0.281 e. The van der Waals surface area contributed by atoms with Gasteiger partial charge in [-0.2, -0.15) is 0 Å². The van der Waals surface area contributed by atoms with Crippen LogP contribution in [-0.4, -0.2) is 48.7 Å². The second-order valence-electron chi connectivity index (χ2n) is 6.93. The molecule has 2 aromatic heterocycles. The van der Waals surface area contributed by atoms with Crippen LogP contribution in [0, 0.1) is 0 Å². The van der Waals surface area contributed by atoms with Crippen molar-refractivity contribution < 1.29 is 14.4 Å². The molecule has 1 atom stereocenters. The number of nitrogens with zero attached hydrogens (tertiary/aromatic N) is 5. The molecule has 0 saturated carbocycles. The van der Waals surface area contributed by atoms with Gasteiger partial charge in [0, 0.05) is 32.4 Å². The predicted octanol–water partition coefficient (Wildman–Crippen LogP) is 1.62. The largest absolute Gasteiger partial charge is 0.346 e. The highest BCUT2D eigenvalue weighted by molar-refractivity contribution is 6.19. The number of imide groups is 1. The molecule has 4 rings (SSSR count). The van der Waals surface area contributed by atoms with Crippen LogP contribution in [0.2, 0.25) is 0 Å². The van der Waals surface area contributed by atoms with Crippen LogP contribution >= 0.6 is 0 Å². The summed E-state index contributed by atoms with van der Waals surface area (Å²) >= 11 is 0. The number of carbonyl (C=O) groups is 3. The van der Waals surface area contributed by atoms with Crippen LogP contribution in [0.1, 0.15) is 52.6 Å². The smallest absolute Gasteiger partial charge is 0.281 e. The van der Waals surface area contributed by atoms with Crippen molar-refractivity contribution in [1.82, 2.24) is 29.7 Å². The lowest BCUT2D eigenvalue weighted by molar-refractivity contribution is -0.121. The molecule has 0 saturated heterocycles. The summed E-state index contributed by atoms with van der Waals surface area (Å²) in [4.78, 5) is 50.4. The normalized spacial score (nSPS) is 14.3. The zero-order valence-corrected chi connectivity index (χ0v) is 16.1. The maximum absolute atomic E-state index is 12.3. The number of hydrogen-bond donors (Lipinski definition) is 1. The minimum absolute atomic E-state index is 0.0671. The molecular formula is C20H20N6O3. The number of aromatic nitrogens is 4.